The quantitative estimate of drug-likeness (QED) is 0.947. The molecular formula is C16H16ClN3O. The highest BCUT2D eigenvalue weighted by Gasteiger charge is 2.31. The molecule has 1 aliphatic heterocycles. The largest absolute Gasteiger partial charge is 0.495 e. The fraction of sp³-hybridized carbons (Fsp3) is 0.188. The molecule has 2 aromatic carbocycles. The van der Waals surface area contributed by atoms with Gasteiger partial charge in [0.1, 0.15) is 5.75 Å². The minimum atomic E-state index is -0.0185. The third kappa shape index (κ3) is 2.43. The van der Waals surface area contributed by atoms with Crippen molar-refractivity contribution < 1.29 is 4.74 Å². The Morgan fingerprint density at radius 1 is 1.19 bits per heavy atom. The molecule has 1 aliphatic rings. The molecule has 2 aromatic rings. The molecule has 0 aliphatic carbocycles. The van der Waals surface area contributed by atoms with Gasteiger partial charge in [-0.1, -0.05) is 41.9 Å². The van der Waals surface area contributed by atoms with Gasteiger partial charge in [-0.25, -0.2) is 0 Å². The van der Waals surface area contributed by atoms with Crippen LogP contribution in [0, 0.1) is 0 Å². The molecule has 0 fully saturated rings. The van der Waals surface area contributed by atoms with Gasteiger partial charge in [-0.2, -0.15) is 0 Å². The Bertz CT molecular complexity index is 687. The number of halogens is 1. The van der Waals surface area contributed by atoms with Crippen molar-refractivity contribution in [3.05, 3.63) is 59.1 Å². The molecule has 0 saturated heterocycles. The van der Waals surface area contributed by atoms with E-state index in [0.717, 1.165) is 17.0 Å². The highest BCUT2D eigenvalue weighted by atomic mass is 35.5. The number of aliphatic imine (C=N–C) groups is 1. The van der Waals surface area contributed by atoms with Crippen molar-refractivity contribution in [3.8, 4) is 5.75 Å². The number of nitrogens with zero attached hydrogens (tertiary/aromatic N) is 2. The van der Waals surface area contributed by atoms with Gasteiger partial charge in [0, 0.05) is 5.02 Å². The van der Waals surface area contributed by atoms with E-state index in [2.05, 4.69) is 4.99 Å². The molecule has 0 spiro atoms. The minimum Gasteiger partial charge on any atom is -0.495 e. The first-order valence-electron chi connectivity index (χ1n) is 6.69. The molecule has 21 heavy (non-hydrogen) atoms. The molecule has 2 N–H and O–H groups in total. The lowest BCUT2D eigenvalue weighted by Gasteiger charge is -2.28. The number of methoxy groups -OCH3 is 1. The summed E-state index contributed by atoms with van der Waals surface area (Å²) in [4.78, 5) is 6.35. The third-order valence-corrected chi connectivity index (χ3v) is 3.94. The van der Waals surface area contributed by atoms with Crippen molar-refractivity contribution >= 4 is 23.2 Å². The number of hydrogen-bond donors (Lipinski definition) is 1. The molecule has 0 aromatic heterocycles. The van der Waals surface area contributed by atoms with Crippen molar-refractivity contribution in [1.82, 2.24) is 0 Å². The van der Waals surface area contributed by atoms with Gasteiger partial charge in [-0.15, -0.1) is 0 Å². The van der Waals surface area contributed by atoms with Crippen LogP contribution < -0.4 is 15.4 Å². The molecule has 0 bridgehead atoms. The summed E-state index contributed by atoms with van der Waals surface area (Å²) in [6.45, 7) is 0.577. The van der Waals surface area contributed by atoms with Gasteiger partial charge in [-0.05, 0) is 23.8 Å². The number of anilines is 1. The second-order valence-corrected chi connectivity index (χ2v) is 5.19. The Morgan fingerprint density at radius 3 is 2.67 bits per heavy atom. The van der Waals surface area contributed by atoms with Crippen LogP contribution in [0.1, 0.15) is 11.6 Å². The van der Waals surface area contributed by atoms with E-state index in [1.807, 2.05) is 53.4 Å². The second-order valence-electron chi connectivity index (χ2n) is 4.78. The molecule has 4 nitrogen and oxygen atoms in total. The first kappa shape index (κ1) is 13.8. The predicted molar refractivity (Wildman–Crippen MR) is 86.2 cm³/mol. The van der Waals surface area contributed by atoms with Crippen molar-refractivity contribution in [1.29, 1.82) is 0 Å². The molecule has 1 atom stereocenters. The second kappa shape index (κ2) is 5.66. The summed E-state index contributed by atoms with van der Waals surface area (Å²) < 4.78 is 5.44. The highest BCUT2D eigenvalue weighted by Crippen LogP contribution is 2.38. The minimum absolute atomic E-state index is 0.0185. The Morgan fingerprint density at radius 2 is 1.90 bits per heavy atom. The van der Waals surface area contributed by atoms with E-state index in [-0.39, 0.29) is 6.04 Å². The predicted octanol–water partition coefficient (Wildman–Crippen LogP) is 3.22. The lowest BCUT2D eigenvalue weighted by atomic mass is 10.1. The van der Waals surface area contributed by atoms with Gasteiger partial charge < -0.3 is 10.5 Å². The van der Waals surface area contributed by atoms with Crippen LogP contribution in [-0.2, 0) is 0 Å². The van der Waals surface area contributed by atoms with Crippen molar-refractivity contribution in [2.24, 2.45) is 10.7 Å². The van der Waals surface area contributed by atoms with Crippen molar-refractivity contribution in [3.63, 3.8) is 0 Å². The van der Waals surface area contributed by atoms with Crippen molar-refractivity contribution in [2.75, 3.05) is 18.6 Å². The van der Waals surface area contributed by atoms with Crippen LogP contribution in [0.2, 0.25) is 5.02 Å². The Kier molecular flexibility index (Phi) is 3.71. The Balaban J connectivity index is 2.06. The summed E-state index contributed by atoms with van der Waals surface area (Å²) in [7, 11) is 1.65. The first-order valence-corrected chi connectivity index (χ1v) is 7.06. The number of nitrogens with two attached hydrogens (primary N) is 1. The van der Waals surface area contributed by atoms with Gasteiger partial charge >= 0.3 is 0 Å². The van der Waals surface area contributed by atoms with Crippen LogP contribution in [0.5, 0.6) is 5.75 Å². The lowest BCUT2D eigenvalue weighted by Crippen LogP contribution is -2.36. The van der Waals surface area contributed by atoms with E-state index in [0.29, 0.717) is 17.5 Å². The fourth-order valence-corrected chi connectivity index (χ4v) is 2.86. The normalized spacial score (nSPS) is 17.7. The third-order valence-electron chi connectivity index (χ3n) is 3.59. The van der Waals surface area contributed by atoms with E-state index in [1.54, 1.807) is 7.11 Å². The zero-order chi connectivity index (χ0) is 14.8. The van der Waals surface area contributed by atoms with E-state index >= 15 is 0 Å². The molecule has 0 amide bonds. The van der Waals surface area contributed by atoms with E-state index in [1.165, 1.54) is 0 Å². The summed E-state index contributed by atoms with van der Waals surface area (Å²) >= 11 is 6.33. The van der Waals surface area contributed by atoms with Gasteiger partial charge in [0.05, 0.1) is 25.4 Å². The molecule has 1 unspecified atom stereocenters. The number of rotatable bonds is 3. The molecule has 1 heterocycles. The Hall–Kier alpha value is -2.20. The van der Waals surface area contributed by atoms with Gasteiger partial charge in [0.25, 0.3) is 0 Å². The van der Waals surface area contributed by atoms with Crippen LogP contribution in [0.25, 0.3) is 0 Å². The van der Waals surface area contributed by atoms with Crippen LogP contribution in [0.15, 0.2) is 53.5 Å². The van der Waals surface area contributed by atoms with Gasteiger partial charge in [0.15, 0.2) is 5.96 Å². The number of guanidine groups is 1. The van der Waals surface area contributed by atoms with Crippen LogP contribution in [-0.4, -0.2) is 19.6 Å². The summed E-state index contributed by atoms with van der Waals surface area (Å²) in [6, 6.07) is 15.5. The summed E-state index contributed by atoms with van der Waals surface area (Å²) in [5, 5.41) is 0.715. The molecule has 0 saturated carbocycles. The zero-order valence-corrected chi connectivity index (χ0v) is 12.4. The van der Waals surface area contributed by atoms with Crippen LogP contribution >= 0.6 is 11.6 Å². The zero-order valence-electron chi connectivity index (χ0n) is 11.7. The Labute approximate surface area is 128 Å². The van der Waals surface area contributed by atoms with Gasteiger partial charge in [0.2, 0.25) is 0 Å². The first-order chi connectivity index (χ1) is 10.2. The monoisotopic (exact) mass is 301 g/mol. The number of benzene rings is 2. The maximum Gasteiger partial charge on any atom is 0.196 e. The number of hydrogen-bond acceptors (Lipinski definition) is 4. The molecule has 0 radical (unpaired) electrons. The molecule has 108 valence electrons. The summed E-state index contributed by atoms with van der Waals surface area (Å²) in [6.07, 6.45) is 0. The van der Waals surface area contributed by atoms with Crippen molar-refractivity contribution in [2.45, 2.75) is 6.04 Å². The lowest BCUT2D eigenvalue weighted by molar-refractivity contribution is 0.415. The van der Waals surface area contributed by atoms with Crippen LogP contribution in [0.4, 0.5) is 5.69 Å². The number of ether oxygens (including phenoxy) is 1. The smallest absolute Gasteiger partial charge is 0.196 e. The molecular weight excluding hydrogens is 286 g/mol. The average Bonchev–Trinajstić information content (AvgIpc) is 2.89. The van der Waals surface area contributed by atoms with E-state index < -0.39 is 0 Å². The van der Waals surface area contributed by atoms with E-state index in [4.69, 9.17) is 22.1 Å². The topological polar surface area (TPSA) is 50.9 Å². The van der Waals surface area contributed by atoms with Gasteiger partial charge in [-0.3, -0.25) is 9.89 Å². The fourth-order valence-electron chi connectivity index (χ4n) is 2.60. The SMILES string of the molecule is COc1ccccc1N1C(N)=NCC1c1ccccc1Cl. The van der Waals surface area contributed by atoms with E-state index in [9.17, 15) is 0 Å². The maximum atomic E-state index is 6.33. The maximum absolute atomic E-state index is 6.33. The average molecular weight is 302 g/mol. The molecule has 3 rings (SSSR count). The van der Waals surface area contributed by atoms with Crippen LogP contribution in [0.3, 0.4) is 0 Å². The number of para-hydroxylation sites is 2. The molecule has 5 heteroatoms. The summed E-state index contributed by atoms with van der Waals surface area (Å²) in [5.41, 5.74) is 7.99. The standard InChI is InChI=1S/C16H16ClN3O/c1-21-15-9-5-4-8-13(15)20-14(10-19-16(20)18)11-6-2-3-7-12(11)17/h2-9,14H,10H2,1H3,(H2,18,19). The summed E-state index contributed by atoms with van der Waals surface area (Å²) in [5.74, 6) is 1.24. The highest BCUT2D eigenvalue weighted by molar-refractivity contribution is 6.31.